The zero-order valence-corrected chi connectivity index (χ0v) is 13.1. The van der Waals surface area contributed by atoms with Gasteiger partial charge in [-0.2, -0.15) is 5.21 Å². The summed E-state index contributed by atoms with van der Waals surface area (Å²) in [4.78, 5) is 17.5. The average molecular weight is 306 g/mol. The van der Waals surface area contributed by atoms with Gasteiger partial charge < -0.3 is 9.80 Å². The van der Waals surface area contributed by atoms with Gasteiger partial charge in [0.1, 0.15) is 0 Å². The summed E-state index contributed by atoms with van der Waals surface area (Å²) in [5, 5.41) is 15.7. The van der Waals surface area contributed by atoms with E-state index in [0.29, 0.717) is 11.9 Å². The molecule has 2 aromatic rings. The Morgan fingerprint density at radius 2 is 2.33 bits per heavy atom. The maximum absolute atomic E-state index is 12.7. The van der Waals surface area contributed by atoms with Crippen LogP contribution in [0.1, 0.15) is 23.0 Å². The highest BCUT2D eigenvalue weighted by Gasteiger charge is 2.35. The van der Waals surface area contributed by atoms with Crippen molar-refractivity contribution < 1.29 is 4.79 Å². The van der Waals surface area contributed by atoms with E-state index in [-0.39, 0.29) is 11.9 Å². The predicted molar refractivity (Wildman–Crippen MR) is 80.1 cm³/mol. The summed E-state index contributed by atoms with van der Waals surface area (Å²) in [6.07, 6.45) is 1.02. The van der Waals surface area contributed by atoms with E-state index >= 15 is 0 Å². The van der Waals surface area contributed by atoms with Crippen LogP contribution >= 0.6 is 11.3 Å². The van der Waals surface area contributed by atoms with Gasteiger partial charge in [-0.25, -0.2) is 0 Å². The minimum atomic E-state index is 0.0894. The molecule has 1 N–H and O–H groups in total. The number of H-pyrrole nitrogens is 1. The number of carbonyl (C=O) groups excluding carboxylic acids is 1. The van der Waals surface area contributed by atoms with E-state index in [1.165, 1.54) is 11.3 Å². The SMILES string of the molecule is CC1C(N(C)C)CCN1C(=O)c1cc(-c2nn[nH]n2)cs1. The molecule has 1 aliphatic rings. The lowest BCUT2D eigenvalue weighted by Crippen LogP contribution is -2.42. The number of likely N-dealkylation sites (N-methyl/N-ethyl adjacent to an activating group) is 1. The number of carbonyl (C=O) groups is 1. The lowest BCUT2D eigenvalue weighted by Gasteiger charge is -2.28. The van der Waals surface area contributed by atoms with E-state index in [9.17, 15) is 4.79 Å². The molecule has 2 unspecified atom stereocenters. The Hall–Kier alpha value is -1.80. The number of aromatic nitrogens is 4. The van der Waals surface area contributed by atoms with Gasteiger partial charge in [0, 0.05) is 29.6 Å². The summed E-state index contributed by atoms with van der Waals surface area (Å²) in [5.41, 5.74) is 0.827. The Labute approximate surface area is 126 Å². The van der Waals surface area contributed by atoms with Crippen molar-refractivity contribution in [2.24, 2.45) is 0 Å². The zero-order valence-electron chi connectivity index (χ0n) is 12.3. The molecule has 3 rings (SSSR count). The van der Waals surface area contributed by atoms with Crippen molar-refractivity contribution in [3.63, 3.8) is 0 Å². The van der Waals surface area contributed by atoms with Crippen molar-refractivity contribution >= 4 is 17.2 Å². The van der Waals surface area contributed by atoms with Gasteiger partial charge in [0.2, 0.25) is 5.82 Å². The van der Waals surface area contributed by atoms with Gasteiger partial charge in [-0.1, -0.05) is 0 Å². The molecule has 3 heterocycles. The first-order valence-electron chi connectivity index (χ1n) is 6.87. The summed E-state index contributed by atoms with van der Waals surface area (Å²) >= 11 is 1.43. The van der Waals surface area contributed by atoms with E-state index in [2.05, 4.69) is 46.5 Å². The van der Waals surface area contributed by atoms with Gasteiger partial charge in [0.25, 0.3) is 5.91 Å². The fraction of sp³-hybridized carbons (Fsp3) is 0.538. The first-order valence-corrected chi connectivity index (χ1v) is 7.75. The summed E-state index contributed by atoms with van der Waals surface area (Å²) in [7, 11) is 4.13. The van der Waals surface area contributed by atoms with Gasteiger partial charge in [-0.3, -0.25) is 4.79 Å². The number of nitrogens with one attached hydrogen (secondary N) is 1. The standard InChI is InChI=1S/C13H18N6OS/c1-8-10(18(2)3)4-5-19(8)13(20)11-6-9(7-21-11)12-14-16-17-15-12/h6-8,10H,4-5H2,1-3H3,(H,14,15,16,17). The van der Waals surface area contributed by atoms with Gasteiger partial charge in [0.05, 0.1) is 4.88 Å². The van der Waals surface area contributed by atoms with Crippen molar-refractivity contribution in [2.45, 2.75) is 25.4 Å². The van der Waals surface area contributed by atoms with Crippen LogP contribution in [0.5, 0.6) is 0 Å². The summed E-state index contributed by atoms with van der Waals surface area (Å²) in [5.74, 6) is 0.609. The van der Waals surface area contributed by atoms with E-state index in [1.54, 1.807) is 0 Å². The van der Waals surface area contributed by atoms with Crippen molar-refractivity contribution in [1.29, 1.82) is 0 Å². The molecule has 0 saturated carbocycles. The maximum atomic E-state index is 12.7. The summed E-state index contributed by atoms with van der Waals surface area (Å²) < 4.78 is 0. The molecule has 0 bridgehead atoms. The fourth-order valence-corrected chi connectivity index (χ4v) is 3.73. The number of thiophene rings is 1. The van der Waals surface area contributed by atoms with Crippen LogP contribution in [0.3, 0.4) is 0 Å². The summed E-state index contributed by atoms with van der Waals surface area (Å²) in [6.45, 7) is 2.92. The highest BCUT2D eigenvalue weighted by Crippen LogP contribution is 2.27. The third-order valence-corrected chi connectivity index (χ3v) is 4.97. The molecule has 1 saturated heterocycles. The molecular weight excluding hydrogens is 288 g/mol. The number of aromatic amines is 1. The minimum absolute atomic E-state index is 0.0894. The van der Waals surface area contributed by atoms with Crippen LogP contribution in [0.4, 0.5) is 0 Å². The monoisotopic (exact) mass is 306 g/mol. The van der Waals surface area contributed by atoms with Crippen LogP contribution in [0.25, 0.3) is 11.4 Å². The Bertz CT molecular complexity index is 622. The van der Waals surface area contributed by atoms with Gasteiger partial charge in [0.15, 0.2) is 0 Å². The molecule has 0 spiro atoms. The van der Waals surface area contributed by atoms with Gasteiger partial charge in [-0.05, 0) is 38.7 Å². The van der Waals surface area contributed by atoms with Crippen molar-refractivity contribution in [3.05, 3.63) is 16.3 Å². The van der Waals surface area contributed by atoms with Crippen LogP contribution in [0.2, 0.25) is 0 Å². The molecule has 21 heavy (non-hydrogen) atoms. The predicted octanol–water partition coefficient (Wildman–Crippen LogP) is 1.09. The van der Waals surface area contributed by atoms with Gasteiger partial charge >= 0.3 is 0 Å². The highest BCUT2D eigenvalue weighted by molar-refractivity contribution is 7.12. The van der Waals surface area contributed by atoms with Crippen LogP contribution in [0, 0.1) is 0 Å². The Morgan fingerprint density at radius 1 is 1.52 bits per heavy atom. The third kappa shape index (κ3) is 2.56. The number of likely N-dealkylation sites (tertiary alicyclic amines) is 1. The second-order valence-corrected chi connectivity index (χ2v) is 6.41. The largest absolute Gasteiger partial charge is 0.334 e. The number of hydrogen-bond donors (Lipinski definition) is 1. The van der Waals surface area contributed by atoms with Crippen LogP contribution in [0.15, 0.2) is 11.4 Å². The number of tetrazole rings is 1. The molecule has 1 amide bonds. The topological polar surface area (TPSA) is 78.0 Å². The number of hydrogen-bond acceptors (Lipinski definition) is 6. The third-order valence-electron chi connectivity index (χ3n) is 4.05. The van der Waals surface area contributed by atoms with E-state index in [0.717, 1.165) is 23.4 Å². The first kappa shape index (κ1) is 14.2. The van der Waals surface area contributed by atoms with Crippen LogP contribution in [-0.4, -0.2) is 69.1 Å². The molecule has 0 aromatic carbocycles. The first-order chi connectivity index (χ1) is 10.1. The molecule has 0 radical (unpaired) electrons. The summed E-state index contributed by atoms with van der Waals surface area (Å²) in [6, 6.07) is 2.49. The Kier molecular flexibility index (Phi) is 3.73. The van der Waals surface area contributed by atoms with Gasteiger partial charge in [-0.15, -0.1) is 21.5 Å². The fourth-order valence-electron chi connectivity index (χ4n) is 2.89. The van der Waals surface area contributed by atoms with E-state index in [1.807, 2.05) is 16.3 Å². The number of amides is 1. The minimum Gasteiger partial charge on any atom is -0.334 e. The second kappa shape index (κ2) is 5.53. The van der Waals surface area contributed by atoms with Crippen LogP contribution in [-0.2, 0) is 0 Å². The number of nitrogens with zero attached hydrogens (tertiary/aromatic N) is 5. The molecule has 0 aliphatic carbocycles. The molecule has 1 fully saturated rings. The smallest absolute Gasteiger partial charge is 0.264 e. The Balaban J connectivity index is 1.77. The molecule has 112 valence electrons. The molecule has 2 atom stereocenters. The normalized spacial score (nSPS) is 22.2. The van der Waals surface area contributed by atoms with E-state index < -0.39 is 0 Å². The van der Waals surface area contributed by atoms with Crippen molar-refractivity contribution in [1.82, 2.24) is 30.4 Å². The van der Waals surface area contributed by atoms with E-state index in [4.69, 9.17) is 0 Å². The maximum Gasteiger partial charge on any atom is 0.264 e. The van der Waals surface area contributed by atoms with Crippen molar-refractivity contribution in [2.75, 3.05) is 20.6 Å². The molecule has 7 nitrogen and oxygen atoms in total. The lowest BCUT2D eigenvalue weighted by molar-refractivity contribution is 0.0726. The number of rotatable bonds is 3. The Morgan fingerprint density at radius 3 is 2.95 bits per heavy atom. The van der Waals surface area contributed by atoms with Crippen LogP contribution < -0.4 is 0 Å². The molecular formula is C13H18N6OS. The molecule has 1 aliphatic heterocycles. The quantitative estimate of drug-likeness (QED) is 0.918. The second-order valence-electron chi connectivity index (χ2n) is 5.49. The zero-order chi connectivity index (χ0) is 15.0. The van der Waals surface area contributed by atoms with Crippen molar-refractivity contribution in [3.8, 4) is 11.4 Å². The molecule has 2 aromatic heterocycles. The lowest BCUT2D eigenvalue weighted by atomic mass is 10.1. The highest BCUT2D eigenvalue weighted by atomic mass is 32.1. The average Bonchev–Trinajstić information content (AvgIpc) is 3.18. The molecule has 8 heteroatoms.